The van der Waals surface area contributed by atoms with E-state index in [9.17, 15) is 14.4 Å². The molecule has 118 valence electrons. The number of nitrogens with one attached hydrogen (secondary N) is 1. The number of amides is 3. The van der Waals surface area contributed by atoms with Crippen molar-refractivity contribution >= 4 is 17.7 Å². The highest BCUT2D eigenvalue weighted by Gasteiger charge is 2.35. The maximum absolute atomic E-state index is 12.3. The van der Waals surface area contributed by atoms with Crippen LogP contribution in [0.1, 0.15) is 38.5 Å². The molecular weight excluding hydrogens is 296 g/mol. The van der Waals surface area contributed by atoms with Gasteiger partial charge in [0.25, 0.3) is 11.8 Å². The Morgan fingerprint density at radius 2 is 1.96 bits per heavy atom. The fourth-order valence-corrected chi connectivity index (χ4v) is 2.51. The van der Waals surface area contributed by atoms with Crippen LogP contribution in [0.4, 0.5) is 0 Å². The Hall–Kier alpha value is -2.89. The minimum Gasteiger partial charge on any atom is -0.467 e. The molecule has 3 rings (SSSR count). The van der Waals surface area contributed by atoms with Crippen LogP contribution >= 0.6 is 0 Å². The minimum atomic E-state index is -0.344. The first kappa shape index (κ1) is 15.0. The average molecular weight is 312 g/mol. The second-order valence-corrected chi connectivity index (χ2v) is 5.42. The van der Waals surface area contributed by atoms with Gasteiger partial charge in [0, 0.05) is 13.0 Å². The van der Waals surface area contributed by atoms with Crippen LogP contribution in [0.25, 0.3) is 0 Å². The van der Waals surface area contributed by atoms with Crippen molar-refractivity contribution in [2.45, 2.75) is 19.9 Å². The van der Waals surface area contributed by atoms with Gasteiger partial charge in [0.2, 0.25) is 5.91 Å². The van der Waals surface area contributed by atoms with Crippen molar-refractivity contribution in [3.05, 3.63) is 59.0 Å². The molecule has 23 heavy (non-hydrogen) atoms. The predicted molar refractivity (Wildman–Crippen MR) is 81.7 cm³/mol. The van der Waals surface area contributed by atoms with E-state index in [1.54, 1.807) is 30.3 Å². The summed E-state index contributed by atoms with van der Waals surface area (Å²) in [5, 5.41) is 2.69. The molecule has 1 aromatic heterocycles. The summed E-state index contributed by atoms with van der Waals surface area (Å²) in [6.07, 6.45) is 1.59. The number of hydrogen-bond acceptors (Lipinski definition) is 4. The van der Waals surface area contributed by atoms with Crippen LogP contribution in [0.15, 0.2) is 41.0 Å². The predicted octanol–water partition coefficient (Wildman–Crippen LogP) is 1.89. The Morgan fingerprint density at radius 1 is 1.17 bits per heavy atom. The van der Waals surface area contributed by atoms with Crippen LogP contribution in [0.2, 0.25) is 0 Å². The molecule has 0 saturated carbocycles. The van der Waals surface area contributed by atoms with Crippen molar-refractivity contribution in [3.8, 4) is 0 Å². The Kier molecular flexibility index (Phi) is 3.97. The smallest absolute Gasteiger partial charge is 0.261 e. The average Bonchev–Trinajstić information content (AvgIpc) is 3.12. The van der Waals surface area contributed by atoms with Gasteiger partial charge in [-0.1, -0.05) is 11.6 Å². The molecule has 1 aliphatic heterocycles. The first-order valence-corrected chi connectivity index (χ1v) is 7.32. The number of imide groups is 1. The van der Waals surface area contributed by atoms with E-state index >= 15 is 0 Å². The summed E-state index contributed by atoms with van der Waals surface area (Å²) in [7, 11) is 0. The van der Waals surface area contributed by atoms with E-state index in [-0.39, 0.29) is 37.2 Å². The SMILES string of the molecule is Cc1ccc2c(c1)C(=O)N(CCC(=O)NCc1ccco1)C2=O. The third-order valence-electron chi connectivity index (χ3n) is 3.73. The summed E-state index contributed by atoms with van der Waals surface area (Å²) in [5.74, 6) is -0.278. The van der Waals surface area contributed by atoms with Gasteiger partial charge in [0.05, 0.1) is 23.9 Å². The first-order chi connectivity index (χ1) is 11.1. The van der Waals surface area contributed by atoms with Crippen molar-refractivity contribution in [1.29, 1.82) is 0 Å². The van der Waals surface area contributed by atoms with Gasteiger partial charge in [0.15, 0.2) is 0 Å². The van der Waals surface area contributed by atoms with Crippen molar-refractivity contribution in [2.24, 2.45) is 0 Å². The standard InChI is InChI=1S/C17H16N2O4/c1-11-4-5-13-14(9-11)17(22)19(16(13)21)7-6-15(20)18-10-12-3-2-8-23-12/h2-5,8-9H,6-7,10H2,1H3,(H,18,20). The highest BCUT2D eigenvalue weighted by molar-refractivity contribution is 6.21. The number of rotatable bonds is 5. The number of benzene rings is 1. The van der Waals surface area contributed by atoms with Gasteiger partial charge >= 0.3 is 0 Å². The quantitative estimate of drug-likeness (QED) is 0.855. The molecule has 0 spiro atoms. The molecule has 0 radical (unpaired) electrons. The molecule has 1 aromatic carbocycles. The van der Waals surface area contributed by atoms with Gasteiger partial charge in [-0.3, -0.25) is 19.3 Å². The molecule has 3 amide bonds. The van der Waals surface area contributed by atoms with E-state index in [0.717, 1.165) is 10.5 Å². The van der Waals surface area contributed by atoms with E-state index in [0.29, 0.717) is 16.9 Å². The van der Waals surface area contributed by atoms with Gasteiger partial charge in [-0.2, -0.15) is 0 Å². The summed E-state index contributed by atoms with van der Waals surface area (Å²) >= 11 is 0. The number of fused-ring (bicyclic) bond motifs is 1. The van der Waals surface area contributed by atoms with E-state index < -0.39 is 0 Å². The second kappa shape index (κ2) is 6.08. The van der Waals surface area contributed by atoms with E-state index in [1.807, 2.05) is 6.92 Å². The van der Waals surface area contributed by atoms with Crippen LogP contribution in [0.3, 0.4) is 0 Å². The molecule has 6 nitrogen and oxygen atoms in total. The molecule has 0 fully saturated rings. The largest absolute Gasteiger partial charge is 0.467 e. The molecule has 2 heterocycles. The first-order valence-electron chi connectivity index (χ1n) is 7.32. The topological polar surface area (TPSA) is 79.6 Å². The molecular formula is C17H16N2O4. The molecule has 0 unspecified atom stereocenters. The molecule has 1 N–H and O–H groups in total. The van der Waals surface area contributed by atoms with Crippen LogP contribution < -0.4 is 5.32 Å². The summed E-state index contributed by atoms with van der Waals surface area (Å²) < 4.78 is 5.12. The third-order valence-corrected chi connectivity index (χ3v) is 3.73. The summed E-state index contributed by atoms with van der Waals surface area (Å²) in [6.45, 7) is 2.21. The maximum Gasteiger partial charge on any atom is 0.261 e. The van der Waals surface area contributed by atoms with Crippen molar-refractivity contribution in [3.63, 3.8) is 0 Å². The van der Waals surface area contributed by atoms with Gasteiger partial charge in [-0.15, -0.1) is 0 Å². The lowest BCUT2D eigenvalue weighted by Crippen LogP contribution is -2.34. The zero-order valence-corrected chi connectivity index (χ0v) is 12.7. The molecule has 0 aliphatic carbocycles. The highest BCUT2D eigenvalue weighted by atomic mass is 16.3. The van der Waals surface area contributed by atoms with E-state index in [4.69, 9.17) is 4.42 Å². The van der Waals surface area contributed by atoms with Crippen LogP contribution in [-0.2, 0) is 11.3 Å². The number of hydrogen-bond donors (Lipinski definition) is 1. The summed E-state index contributed by atoms with van der Waals surface area (Å²) in [5.41, 5.74) is 1.73. The highest BCUT2D eigenvalue weighted by Crippen LogP contribution is 2.23. The minimum absolute atomic E-state index is 0.0607. The van der Waals surface area contributed by atoms with E-state index in [2.05, 4.69) is 5.32 Å². The van der Waals surface area contributed by atoms with Gasteiger partial charge < -0.3 is 9.73 Å². The van der Waals surface area contributed by atoms with Crippen molar-refractivity contribution < 1.29 is 18.8 Å². The van der Waals surface area contributed by atoms with Crippen molar-refractivity contribution in [2.75, 3.05) is 6.54 Å². The molecule has 6 heteroatoms. The lowest BCUT2D eigenvalue weighted by Gasteiger charge is -2.13. The zero-order valence-electron chi connectivity index (χ0n) is 12.7. The Bertz CT molecular complexity index is 765. The van der Waals surface area contributed by atoms with Crippen LogP contribution in [-0.4, -0.2) is 29.2 Å². The van der Waals surface area contributed by atoms with Crippen LogP contribution in [0, 0.1) is 6.92 Å². The second-order valence-electron chi connectivity index (χ2n) is 5.42. The van der Waals surface area contributed by atoms with Gasteiger partial charge in [-0.05, 0) is 31.2 Å². The summed E-state index contributed by atoms with van der Waals surface area (Å²) in [6, 6.07) is 8.65. The third kappa shape index (κ3) is 3.01. The lowest BCUT2D eigenvalue weighted by molar-refractivity contribution is -0.121. The summed E-state index contributed by atoms with van der Waals surface area (Å²) in [4.78, 5) is 37.5. The van der Waals surface area contributed by atoms with Crippen molar-refractivity contribution in [1.82, 2.24) is 10.2 Å². The number of nitrogens with zero attached hydrogens (tertiary/aromatic N) is 1. The molecule has 2 aromatic rings. The zero-order chi connectivity index (χ0) is 16.4. The Balaban J connectivity index is 1.58. The lowest BCUT2D eigenvalue weighted by atomic mass is 10.1. The number of aryl methyl sites for hydroxylation is 1. The van der Waals surface area contributed by atoms with E-state index in [1.165, 1.54) is 6.26 Å². The molecule has 0 saturated heterocycles. The normalized spacial score (nSPS) is 13.3. The molecule has 1 aliphatic rings. The fourth-order valence-electron chi connectivity index (χ4n) is 2.51. The van der Waals surface area contributed by atoms with Crippen LogP contribution in [0.5, 0.6) is 0 Å². The Labute approximate surface area is 133 Å². The van der Waals surface area contributed by atoms with Gasteiger partial charge in [0.1, 0.15) is 5.76 Å². The number of carbonyl (C=O) groups is 3. The monoisotopic (exact) mass is 312 g/mol. The number of furan rings is 1. The van der Waals surface area contributed by atoms with Gasteiger partial charge in [-0.25, -0.2) is 0 Å². The molecule has 0 bridgehead atoms. The molecule has 0 atom stereocenters. The number of carbonyl (C=O) groups excluding carboxylic acids is 3. The fraction of sp³-hybridized carbons (Fsp3) is 0.235. The Morgan fingerprint density at radius 3 is 2.70 bits per heavy atom. The maximum atomic E-state index is 12.3.